The van der Waals surface area contributed by atoms with E-state index in [-0.39, 0.29) is 5.56 Å². The second-order valence-electron chi connectivity index (χ2n) is 5.50. The molecule has 1 aromatic heterocycles. The lowest BCUT2D eigenvalue weighted by Crippen LogP contribution is -2.20. The number of rotatable bonds is 4. The van der Waals surface area contributed by atoms with Gasteiger partial charge in [-0.1, -0.05) is 6.07 Å². The summed E-state index contributed by atoms with van der Waals surface area (Å²) in [7, 11) is 0. The average molecular weight is 352 g/mol. The van der Waals surface area contributed by atoms with Gasteiger partial charge in [-0.2, -0.15) is 0 Å². The second-order valence-corrected chi connectivity index (χ2v) is 5.50. The van der Waals surface area contributed by atoms with Gasteiger partial charge in [0.15, 0.2) is 0 Å². The summed E-state index contributed by atoms with van der Waals surface area (Å²) >= 11 is 0. The number of hydrogen-bond donors (Lipinski definition) is 1. The molecule has 2 aromatic rings. The monoisotopic (exact) mass is 352 g/mol. The zero-order valence-corrected chi connectivity index (χ0v) is 13.1. The van der Waals surface area contributed by atoms with Gasteiger partial charge in [-0.15, -0.1) is 13.2 Å². The predicted molar refractivity (Wildman–Crippen MR) is 84.6 cm³/mol. The number of anilines is 2. The minimum Gasteiger partial charge on any atom is -0.406 e. The number of carbonyl (C=O) groups is 1. The molecule has 0 saturated carbocycles. The van der Waals surface area contributed by atoms with Crippen LogP contribution in [-0.4, -0.2) is 35.3 Å². The van der Waals surface area contributed by atoms with Crippen molar-refractivity contribution in [1.82, 2.24) is 9.97 Å². The minimum absolute atomic E-state index is 0.0327. The normalized spacial score (nSPS) is 14.4. The standard InChI is InChI=1S/C16H15F3N4O2/c17-16(18,19)25-13-5-3-4-11(8-13)14(24)22-12-9-20-15(21-10-12)23-6-1-2-7-23/h3-5,8-10H,1-2,6-7H2,(H,22,24). The number of amides is 1. The van der Waals surface area contributed by atoms with Crippen LogP contribution in [0.3, 0.4) is 0 Å². The van der Waals surface area contributed by atoms with Crippen molar-refractivity contribution in [3.63, 3.8) is 0 Å². The third-order valence-electron chi connectivity index (χ3n) is 3.61. The molecule has 1 aliphatic rings. The summed E-state index contributed by atoms with van der Waals surface area (Å²) in [6.45, 7) is 1.80. The van der Waals surface area contributed by atoms with Crippen LogP contribution >= 0.6 is 0 Å². The zero-order chi connectivity index (χ0) is 17.9. The summed E-state index contributed by atoms with van der Waals surface area (Å²) in [5.74, 6) is -0.443. The first-order chi connectivity index (χ1) is 11.9. The number of alkyl halides is 3. The maximum atomic E-state index is 12.2. The van der Waals surface area contributed by atoms with Crippen molar-refractivity contribution in [3.8, 4) is 5.75 Å². The maximum absolute atomic E-state index is 12.2. The Hall–Kier alpha value is -2.84. The molecule has 0 atom stereocenters. The predicted octanol–water partition coefficient (Wildman–Crippen LogP) is 3.23. The molecule has 9 heteroatoms. The first kappa shape index (κ1) is 17.0. The van der Waals surface area contributed by atoms with E-state index in [1.165, 1.54) is 24.5 Å². The van der Waals surface area contributed by atoms with Crippen LogP contribution < -0.4 is 15.0 Å². The highest BCUT2D eigenvalue weighted by Crippen LogP contribution is 2.24. The number of nitrogens with zero attached hydrogens (tertiary/aromatic N) is 3. The van der Waals surface area contributed by atoms with E-state index in [1.54, 1.807) is 0 Å². The SMILES string of the molecule is O=C(Nc1cnc(N2CCCC2)nc1)c1cccc(OC(F)(F)F)c1. The van der Waals surface area contributed by atoms with Gasteiger partial charge in [0.05, 0.1) is 18.1 Å². The summed E-state index contributed by atoms with van der Waals surface area (Å²) < 4.78 is 40.5. The van der Waals surface area contributed by atoms with E-state index in [1.807, 2.05) is 4.90 Å². The van der Waals surface area contributed by atoms with Crippen LogP contribution in [0.15, 0.2) is 36.7 Å². The lowest BCUT2D eigenvalue weighted by Gasteiger charge is -2.14. The number of nitrogens with one attached hydrogen (secondary N) is 1. The van der Waals surface area contributed by atoms with Crippen LogP contribution in [0.5, 0.6) is 5.75 Å². The first-order valence-electron chi connectivity index (χ1n) is 7.65. The molecule has 132 valence electrons. The fourth-order valence-electron chi connectivity index (χ4n) is 2.50. The molecule has 25 heavy (non-hydrogen) atoms. The highest BCUT2D eigenvalue weighted by Gasteiger charge is 2.31. The number of benzene rings is 1. The highest BCUT2D eigenvalue weighted by molar-refractivity contribution is 6.04. The van der Waals surface area contributed by atoms with Crippen molar-refractivity contribution < 1.29 is 22.7 Å². The molecule has 0 radical (unpaired) electrons. The van der Waals surface area contributed by atoms with Crippen LogP contribution in [0.2, 0.25) is 0 Å². The molecule has 0 unspecified atom stereocenters. The van der Waals surface area contributed by atoms with Crippen molar-refractivity contribution in [1.29, 1.82) is 0 Å². The molecule has 1 aliphatic heterocycles. The molecule has 1 saturated heterocycles. The Morgan fingerprint density at radius 1 is 1.16 bits per heavy atom. The largest absolute Gasteiger partial charge is 0.573 e. The van der Waals surface area contributed by atoms with Crippen molar-refractivity contribution in [2.75, 3.05) is 23.3 Å². The Bertz CT molecular complexity index is 744. The Labute approximate surface area is 141 Å². The Balaban J connectivity index is 1.66. The fraction of sp³-hybridized carbons (Fsp3) is 0.312. The minimum atomic E-state index is -4.81. The van der Waals surface area contributed by atoms with E-state index in [0.29, 0.717) is 11.6 Å². The highest BCUT2D eigenvalue weighted by atomic mass is 19.4. The number of halogens is 3. The summed E-state index contributed by atoms with van der Waals surface area (Å²) in [5.41, 5.74) is 0.389. The van der Waals surface area contributed by atoms with Gasteiger partial charge in [-0.3, -0.25) is 4.79 Å². The smallest absolute Gasteiger partial charge is 0.406 e. The first-order valence-corrected chi connectivity index (χ1v) is 7.65. The Morgan fingerprint density at radius 3 is 2.48 bits per heavy atom. The van der Waals surface area contributed by atoms with Crippen molar-refractivity contribution in [3.05, 3.63) is 42.2 Å². The third kappa shape index (κ3) is 4.59. The van der Waals surface area contributed by atoms with Crippen LogP contribution in [0.25, 0.3) is 0 Å². The molecule has 0 spiro atoms. The molecule has 1 fully saturated rings. The van der Waals surface area contributed by atoms with Gasteiger partial charge in [-0.25, -0.2) is 9.97 Å². The summed E-state index contributed by atoms with van der Waals surface area (Å²) in [4.78, 5) is 22.6. The van der Waals surface area contributed by atoms with Gasteiger partial charge < -0.3 is 15.0 Å². The summed E-state index contributed by atoms with van der Waals surface area (Å²) in [6, 6.07) is 4.83. The van der Waals surface area contributed by atoms with Crippen molar-refractivity contribution >= 4 is 17.5 Å². The van der Waals surface area contributed by atoms with Crippen LogP contribution in [0.1, 0.15) is 23.2 Å². The zero-order valence-electron chi connectivity index (χ0n) is 13.1. The van der Waals surface area contributed by atoms with Crippen LogP contribution in [-0.2, 0) is 0 Å². The number of hydrogen-bond acceptors (Lipinski definition) is 5. The molecular formula is C16H15F3N4O2. The Kier molecular flexibility index (Phi) is 4.73. The van der Waals surface area contributed by atoms with Gasteiger partial charge in [0, 0.05) is 18.7 Å². The van der Waals surface area contributed by atoms with Gasteiger partial charge in [-0.05, 0) is 31.0 Å². The van der Waals surface area contributed by atoms with E-state index in [9.17, 15) is 18.0 Å². The molecular weight excluding hydrogens is 337 g/mol. The van der Waals surface area contributed by atoms with E-state index in [0.717, 1.165) is 38.1 Å². The van der Waals surface area contributed by atoms with Crippen LogP contribution in [0.4, 0.5) is 24.8 Å². The van der Waals surface area contributed by atoms with Gasteiger partial charge in [0.2, 0.25) is 5.95 Å². The van der Waals surface area contributed by atoms with Crippen molar-refractivity contribution in [2.24, 2.45) is 0 Å². The van der Waals surface area contributed by atoms with Gasteiger partial charge >= 0.3 is 6.36 Å². The maximum Gasteiger partial charge on any atom is 0.573 e. The van der Waals surface area contributed by atoms with E-state index >= 15 is 0 Å². The Morgan fingerprint density at radius 2 is 1.84 bits per heavy atom. The molecule has 2 heterocycles. The van der Waals surface area contributed by atoms with E-state index < -0.39 is 18.0 Å². The molecule has 1 N–H and O–H groups in total. The van der Waals surface area contributed by atoms with Crippen molar-refractivity contribution in [2.45, 2.75) is 19.2 Å². The summed E-state index contributed by atoms with van der Waals surface area (Å²) in [6.07, 6.45) is 0.313. The fourth-order valence-corrected chi connectivity index (χ4v) is 2.50. The average Bonchev–Trinajstić information content (AvgIpc) is 3.08. The molecule has 0 aliphatic carbocycles. The lowest BCUT2D eigenvalue weighted by molar-refractivity contribution is -0.274. The summed E-state index contributed by atoms with van der Waals surface area (Å²) in [5, 5.41) is 2.55. The molecule has 1 aromatic carbocycles. The van der Waals surface area contributed by atoms with Crippen LogP contribution in [0, 0.1) is 0 Å². The second kappa shape index (κ2) is 6.96. The van der Waals surface area contributed by atoms with Gasteiger partial charge in [0.25, 0.3) is 5.91 Å². The topological polar surface area (TPSA) is 67.4 Å². The molecule has 6 nitrogen and oxygen atoms in total. The lowest BCUT2D eigenvalue weighted by atomic mass is 10.2. The van der Waals surface area contributed by atoms with E-state index in [4.69, 9.17) is 0 Å². The third-order valence-corrected chi connectivity index (χ3v) is 3.61. The van der Waals surface area contributed by atoms with E-state index in [2.05, 4.69) is 20.0 Å². The number of ether oxygens (including phenoxy) is 1. The van der Waals surface area contributed by atoms with Gasteiger partial charge in [0.1, 0.15) is 5.75 Å². The number of aromatic nitrogens is 2. The molecule has 0 bridgehead atoms. The quantitative estimate of drug-likeness (QED) is 0.915. The molecule has 1 amide bonds. The molecule has 3 rings (SSSR count). The number of carbonyl (C=O) groups excluding carboxylic acids is 1.